The number of aliphatic hydroxyl groups is 1. The molecule has 0 amide bonds. The summed E-state index contributed by atoms with van der Waals surface area (Å²) in [4.78, 5) is 19.1. The summed E-state index contributed by atoms with van der Waals surface area (Å²) in [7, 11) is 0. The lowest BCUT2D eigenvalue weighted by Crippen LogP contribution is -2.60. The summed E-state index contributed by atoms with van der Waals surface area (Å²) in [5.74, 6) is 1.24. The lowest BCUT2D eigenvalue weighted by Gasteiger charge is -2.42. The van der Waals surface area contributed by atoms with Crippen LogP contribution < -0.4 is 10.1 Å². The van der Waals surface area contributed by atoms with Crippen molar-refractivity contribution in [3.63, 3.8) is 0 Å². The molecule has 0 bridgehead atoms. The van der Waals surface area contributed by atoms with Crippen molar-refractivity contribution in [3.8, 4) is 5.88 Å². The van der Waals surface area contributed by atoms with Gasteiger partial charge in [0.25, 0.3) is 0 Å². The third kappa shape index (κ3) is 5.04. The predicted octanol–water partition coefficient (Wildman–Crippen LogP) is 5.65. The predicted molar refractivity (Wildman–Crippen MR) is 137 cm³/mol. The number of piperidine rings is 1. The minimum Gasteiger partial charge on any atom is -0.475 e. The van der Waals surface area contributed by atoms with E-state index in [1.54, 1.807) is 17.4 Å². The Hall–Kier alpha value is -1.90. The first kappa shape index (κ1) is 23.8. The maximum absolute atomic E-state index is 13.5. The molecule has 4 unspecified atom stereocenters. The highest BCUT2D eigenvalue weighted by atomic mass is 35.5. The van der Waals surface area contributed by atoms with Gasteiger partial charge in [-0.25, -0.2) is 4.98 Å². The molecule has 0 radical (unpaired) electrons. The molecular weight excluding hydrogens is 488 g/mol. The smallest absolute Gasteiger partial charge is 0.213 e. The van der Waals surface area contributed by atoms with Crippen molar-refractivity contribution in [1.29, 1.82) is 0 Å². The number of aliphatic hydroxyl groups excluding tert-OH is 1. The fourth-order valence-electron chi connectivity index (χ4n) is 4.52. The molecule has 5 rings (SSSR count). The van der Waals surface area contributed by atoms with Gasteiger partial charge < -0.3 is 9.84 Å². The van der Waals surface area contributed by atoms with Crippen molar-refractivity contribution in [3.05, 3.63) is 75.6 Å². The number of thiophene rings is 1. The third-order valence-corrected chi connectivity index (χ3v) is 8.90. The average Bonchev–Trinajstić information content (AvgIpc) is 3.44. The van der Waals surface area contributed by atoms with Crippen molar-refractivity contribution >= 4 is 40.5 Å². The standard InChI is InChI=1S/C26H27ClN2O3S2/c1-16(13-17-9-10-17)32-23-8-4-7-22(28-23)26(18-11-12-33-15-18)14-20(30)24(25(31)29-26)34-21-6-3-2-5-19(21)27/h2-8,11-12,15-17,24-25,29,31H,9-10,13-14H2,1H3. The number of nitrogens with one attached hydrogen (secondary N) is 1. The first-order valence-electron chi connectivity index (χ1n) is 11.5. The Morgan fingerprint density at radius 2 is 2.09 bits per heavy atom. The van der Waals surface area contributed by atoms with E-state index < -0.39 is 17.0 Å². The number of hydrogen-bond acceptors (Lipinski definition) is 7. The van der Waals surface area contributed by atoms with Gasteiger partial charge in [-0.15, -0.1) is 11.8 Å². The Morgan fingerprint density at radius 1 is 1.26 bits per heavy atom. The molecule has 1 aromatic carbocycles. The zero-order valence-corrected chi connectivity index (χ0v) is 21.2. The summed E-state index contributed by atoms with van der Waals surface area (Å²) in [6.45, 7) is 2.07. The van der Waals surface area contributed by atoms with E-state index in [2.05, 4.69) is 12.2 Å². The number of Topliss-reactive ketones (excluding diaryl/α,β-unsaturated/α-hetero) is 1. The number of carbonyl (C=O) groups excluding carboxylic acids is 1. The number of benzene rings is 1. The van der Waals surface area contributed by atoms with Crippen LogP contribution in [-0.4, -0.2) is 33.5 Å². The number of aromatic nitrogens is 1. The number of rotatable bonds is 8. The number of thioether (sulfide) groups is 1. The third-order valence-electron chi connectivity index (χ3n) is 6.39. The van der Waals surface area contributed by atoms with E-state index in [0.717, 1.165) is 22.8 Å². The lowest BCUT2D eigenvalue weighted by molar-refractivity contribution is -0.125. The highest BCUT2D eigenvalue weighted by molar-refractivity contribution is 8.00. The maximum Gasteiger partial charge on any atom is 0.213 e. The average molecular weight is 515 g/mol. The van der Waals surface area contributed by atoms with Gasteiger partial charge in [0.2, 0.25) is 5.88 Å². The molecule has 2 aliphatic rings. The minimum absolute atomic E-state index is 0.0578. The number of pyridine rings is 1. The van der Waals surface area contributed by atoms with E-state index in [1.807, 2.05) is 53.2 Å². The summed E-state index contributed by atoms with van der Waals surface area (Å²) in [5.41, 5.74) is 0.630. The monoisotopic (exact) mass is 514 g/mol. The van der Waals surface area contributed by atoms with Crippen LogP contribution >= 0.6 is 34.7 Å². The van der Waals surface area contributed by atoms with Crippen LogP contribution in [0.5, 0.6) is 5.88 Å². The van der Waals surface area contributed by atoms with Gasteiger partial charge in [0.05, 0.1) is 22.4 Å². The van der Waals surface area contributed by atoms with E-state index in [0.29, 0.717) is 16.6 Å². The van der Waals surface area contributed by atoms with E-state index in [4.69, 9.17) is 21.3 Å². The van der Waals surface area contributed by atoms with E-state index in [9.17, 15) is 9.90 Å². The molecule has 5 nitrogen and oxygen atoms in total. The number of carbonyl (C=O) groups is 1. The second kappa shape index (κ2) is 9.99. The SMILES string of the molecule is CC(CC1CC1)Oc1cccc(C2(c3ccsc3)CC(=O)C(Sc3ccccc3Cl)C(O)N2)n1. The molecule has 8 heteroatoms. The van der Waals surface area contributed by atoms with E-state index in [-0.39, 0.29) is 18.3 Å². The maximum atomic E-state index is 13.5. The Bertz CT molecular complexity index is 1150. The summed E-state index contributed by atoms with van der Waals surface area (Å²) < 4.78 is 6.12. The van der Waals surface area contributed by atoms with Crippen LogP contribution in [-0.2, 0) is 10.3 Å². The first-order valence-corrected chi connectivity index (χ1v) is 13.7. The highest BCUT2D eigenvalue weighted by Gasteiger charge is 2.48. The molecule has 2 N–H and O–H groups in total. The van der Waals surface area contributed by atoms with E-state index >= 15 is 0 Å². The van der Waals surface area contributed by atoms with Gasteiger partial charge in [-0.2, -0.15) is 11.3 Å². The van der Waals surface area contributed by atoms with Gasteiger partial charge in [0, 0.05) is 17.4 Å². The fraction of sp³-hybridized carbons (Fsp3) is 0.385. The zero-order valence-electron chi connectivity index (χ0n) is 18.8. The molecule has 2 aromatic heterocycles. The van der Waals surface area contributed by atoms with Crippen molar-refractivity contribution in [2.45, 2.75) is 60.6 Å². The van der Waals surface area contributed by atoms with Crippen molar-refractivity contribution in [2.75, 3.05) is 0 Å². The topological polar surface area (TPSA) is 71.5 Å². The van der Waals surface area contributed by atoms with Gasteiger partial charge >= 0.3 is 0 Å². The largest absolute Gasteiger partial charge is 0.475 e. The molecule has 2 fully saturated rings. The summed E-state index contributed by atoms with van der Waals surface area (Å²) >= 11 is 9.14. The molecule has 1 aliphatic carbocycles. The number of ketones is 1. The molecule has 3 aromatic rings. The molecule has 3 heterocycles. The number of nitrogens with zero attached hydrogens (tertiary/aromatic N) is 1. The Labute approximate surface area is 212 Å². The Balaban J connectivity index is 1.43. The van der Waals surface area contributed by atoms with Crippen LogP contribution in [0, 0.1) is 5.92 Å². The molecule has 1 aliphatic heterocycles. The number of hydrogen-bond donors (Lipinski definition) is 2. The van der Waals surface area contributed by atoms with Crippen LogP contribution in [0.3, 0.4) is 0 Å². The van der Waals surface area contributed by atoms with Gasteiger partial charge in [-0.05, 0) is 59.9 Å². The van der Waals surface area contributed by atoms with Gasteiger partial charge in [-0.1, -0.05) is 42.6 Å². The van der Waals surface area contributed by atoms with Crippen LogP contribution in [0.15, 0.2) is 64.2 Å². The van der Waals surface area contributed by atoms with Crippen LogP contribution in [0.2, 0.25) is 5.02 Å². The van der Waals surface area contributed by atoms with Crippen molar-refractivity contribution in [1.82, 2.24) is 10.3 Å². The summed E-state index contributed by atoms with van der Waals surface area (Å²) in [6, 6.07) is 15.0. The quantitative estimate of drug-likeness (QED) is 0.405. The molecular formula is C26H27ClN2O3S2. The van der Waals surface area contributed by atoms with Crippen LogP contribution in [0.4, 0.5) is 0 Å². The van der Waals surface area contributed by atoms with Gasteiger partial charge in [0.15, 0.2) is 5.78 Å². The molecule has 4 atom stereocenters. The lowest BCUT2D eigenvalue weighted by atomic mass is 9.79. The number of ether oxygens (including phenoxy) is 1. The normalized spacial score (nSPS) is 25.8. The first-order chi connectivity index (χ1) is 16.4. The van der Waals surface area contributed by atoms with E-state index in [1.165, 1.54) is 24.6 Å². The highest BCUT2D eigenvalue weighted by Crippen LogP contribution is 2.42. The van der Waals surface area contributed by atoms with Crippen molar-refractivity contribution < 1.29 is 14.6 Å². The van der Waals surface area contributed by atoms with Crippen LogP contribution in [0.1, 0.15) is 43.9 Å². The Kier molecular flexibility index (Phi) is 7.00. The molecule has 0 spiro atoms. The summed E-state index contributed by atoms with van der Waals surface area (Å²) in [6.07, 6.45) is 2.74. The van der Waals surface area contributed by atoms with Gasteiger partial charge in [-0.3, -0.25) is 10.1 Å². The molecule has 1 saturated carbocycles. The Morgan fingerprint density at radius 3 is 2.79 bits per heavy atom. The molecule has 34 heavy (non-hydrogen) atoms. The zero-order chi connectivity index (χ0) is 23.7. The summed E-state index contributed by atoms with van der Waals surface area (Å²) in [5, 5.41) is 18.4. The molecule has 178 valence electrons. The second-order valence-electron chi connectivity index (χ2n) is 9.09. The second-order valence-corrected chi connectivity index (χ2v) is 11.5. The minimum atomic E-state index is -1.08. The van der Waals surface area contributed by atoms with Crippen molar-refractivity contribution in [2.24, 2.45) is 5.92 Å². The molecule has 1 saturated heterocycles. The number of halogens is 1. The van der Waals surface area contributed by atoms with Gasteiger partial charge in [0.1, 0.15) is 11.5 Å². The van der Waals surface area contributed by atoms with Crippen LogP contribution in [0.25, 0.3) is 0 Å². The fourth-order valence-corrected chi connectivity index (χ4v) is 6.55.